The van der Waals surface area contributed by atoms with E-state index in [-0.39, 0.29) is 36.4 Å². The summed E-state index contributed by atoms with van der Waals surface area (Å²) in [6, 6.07) is 8.41. The van der Waals surface area contributed by atoms with E-state index in [0.29, 0.717) is 13.2 Å². The Bertz CT molecular complexity index is 719. The Hall–Kier alpha value is -1.95. The molecule has 1 atom stereocenters. The SMILES string of the molecule is Cc1ccc(S(=O)(=O)NCC(=O)N(CCC#N)CC2CCCO2)cc1. The summed E-state index contributed by atoms with van der Waals surface area (Å²) in [6.07, 6.45) is 1.97. The van der Waals surface area contributed by atoms with Crippen LogP contribution in [0.2, 0.25) is 0 Å². The van der Waals surface area contributed by atoms with Crippen LogP contribution in [0.3, 0.4) is 0 Å². The maximum atomic E-state index is 12.4. The van der Waals surface area contributed by atoms with E-state index in [2.05, 4.69) is 4.72 Å². The first-order valence-electron chi connectivity index (χ1n) is 8.25. The molecule has 7 nitrogen and oxygen atoms in total. The fraction of sp³-hybridized carbons (Fsp3) is 0.529. The number of ether oxygens (including phenoxy) is 1. The third-order valence-electron chi connectivity index (χ3n) is 4.04. The molecule has 0 aromatic heterocycles. The van der Waals surface area contributed by atoms with E-state index in [4.69, 9.17) is 10.00 Å². The Morgan fingerprint density at radius 2 is 2.12 bits per heavy atom. The zero-order valence-electron chi connectivity index (χ0n) is 14.3. The molecule has 1 heterocycles. The van der Waals surface area contributed by atoms with Gasteiger partial charge in [0.15, 0.2) is 0 Å². The van der Waals surface area contributed by atoms with Gasteiger partial charge in [-0.25, -0.2) is 13.1 Å². The van der Waals surface area contributed by atoms with Gasteiger partial charge in [0.2, 0.25) is 15.9 Å². The molecular weight excluding hydrogens is 342 g/mol. The first kappa shape index (κ1) is 19.4. The monoisotopic (exact) mass is 365 g/mol. The van der Waals surface area contributed by atoms with Crippen molar-refractivity contribution in [2.45, 2.75) is 37.2 Å². The van der Waals surface area contributed by atoms with Crippen LogP contribution in [0.4, 0.5) is 0 Å². The second-order valence-corrected chi connectivity index (χ2v) is 7.79. The Morgan fingerprint density at radius 3 is 2.72 bits per heavy atom. The summed E-state index contributed by atoms with van der Waals surface area (Å²) in [7, 11) is -3.75. The quantitative estimate of drug-likeness (QED) is 0.746. The predicted molar refractivity (Wildman–Crippen MR) is 92.2 cm³/mol. The summed E-state index contributed by atoms with van der Waals surface area (Å²) in [5, 5.41) is 8.76. The minimum Gasteiger partial charge on any atom is -0.376 e. The van der Waals surface area contributed by atoms with Crippen LogP contribution in [0.25, 0.3) is 0 Å². The summed E-state index contributed by atoms with van der Waals surface area (Å²) in [5.74, 6) is -0.360. The molecule has 0 radical (unpaired) electrons. The van der Waals surface area contributed by atoms with Gasteiger partial charge in [-0.2, -0.15) is 5.26 Å². The van der Waals surface area contributed by atoms with Gasteiger partial charge < -0.3 is 9.64 Å². The van der Waals surface area contributed by atoms with Gasteiger partial charge in [-0.3, -0.25) is 4.79 Å². The van der Waals surface area contributed by atoms with E-state index in [9.17, 15) is 13.2 Å². The molecular formula is C17H23N3O4S. The van der Waals surface area contributed by atoms with Crippen LogP contribution in [0.5, 0.6) is 0 Å². The zero-order chi connectivity index (χ0) is 18.3. The summed E-state index contributed by atoms with van der Waals surface area (Å²) in [5.41, 5.74) is 0.953. The molecule has 0 aliphatic carbocycles. The number of carbonyl (C=O) groups excluding carboxylic acids is 1. The molecule has 1 amide bonds. The molecule has 1 aliphatic rings. The summed E-state index contributed by atoms with van der Waals surface area (Å²) in [4.78, 5) is 14.0. The van der Waals surface area contributed by atoms with Crippen molar-refractivity contribution in [1.82, 2.24) is 9.62 Å². The van der Waals surface area contributed by atoms with Crippen molar-refractivity contribution < 1.29 is 17.9 Å². The lowest BCUT2D eigenvalue weighted by atomic mass is 10.2. The number of aryl methyl sites for hydroxylation is 1. The molecule has 1 saturated heterocycles. The highest BCUT2D eigenvalue weighted by molar-refractivity contribution is 7.89. The summed E-state index contributed by atoms with van der Waals surface area (Å²) in [6.45, 7) is 2.85. The average molecular weight is 365 g/mol. The largest absolute Gasteiger partial charge is 0.376 e. The number of sulfonamides is 1. The molecule has 0 bridgehead atoms. The fourth-order valence-electron chi connectivity index (χ4n) is 2.61. The smallest absolute Gasteiger partial charge is 0.241 e. The van der Waals surface area contributed by atoms with E-state index in [1.165, 1.54) is 17.0 Å². The van der Waals surface area contributed by atoms with Gasteiger partial charge in [-0.1, -0.05) is 17.7 Å². The first-order chi connectivity index (χ1) is 11.9. The molecule has 1 fully saturated rings. The van der Waals surface area contributed by atoms with Crippen molar-refractivity contribution in [3.63, 3.8) is 0 Å². The Balaban J connectivity index is 1.96. The van der Waals surface area contributed by atoms with E-state index >= 15 is 0 Å². The normalized spacial score (nSPS) is 17.2. The van der Waals surface area contributed by atoms with Gasteiger partial charge in [0.05, 0.1) is 30.0 Å². The summed E-state index contributed by atoms with van der Waals surface area (Å²) < 4.78 is 32.4. The number of carbonyl (C=O) groups is 1. The number of rotatable bonds is 8. The maximum absolute atomic E-state index is 12.4. The van der Waals surface area contributed by atoms with Gasteiger partial charge in [0.25, 0.3) is 0 Å². The predicted octanol–water partition coefficient (Wildman–Crippen LogP) is 1.19. The second kappa shape index (κ2) is 8.94. The molecule has 136 valence electrons. The van der Waals surface area contributed by atoms with Gasteiger partial charge in [-0.15, -0.1) is 0 Å². The molecule has 8 heteroatoms. The number of nitrogens with zero attached hydrogens (tertiary/aromatic N) is 2. The van der Waals surface area contributed by atoms with Crippen LogP contribution in [0.1, 0.15) is 24.8 Å². The molecule has 1 aromatic carbocycles. The van der Waals surface area contributed by atoms with Crippen molar-refractivity contribution in [2.24, 2.45) is 0 Å². The lowest BCUT2D eigenvalue weighted by molar-refractivity contribution is -0.131. The standard InChI is InChI=1S/C17H23N3O4S/c1-14-5-7-16(8-6-14)25(22,23)19-12-17(21)20(10-3-9-18)13-15-4-2-11-24-15/h5-8,15,19H,2-4,10-13H2,1H3. The van der Waals surface area contributed by atoms with Crippen molar-refractivity contribution >= 4 is 15.9 Å². The van der Waals surface area contributed by atoms with Crippen LogP contribution in [0.15, 0.2) is 29.2 Å². The number of benzene rings is 1. The van der Waals surface area contributed by atoms with Crippen molar-refractivity contribution in [3.8, 4) is 6.07 Å². The van der Waals surface area contributed by atoms with E-state index in [1.807, 2.05) is 13.0 Å². The molecule has 25 heavy (non-hydrogen) atoms. The number of hydrogen-bond donors (Lipinski definition) is 1. The van der Waals surface area contributed by atoms with Gasteiger partial charge >= 0.3 is 0 Å². The third kappa shape index (κ3) is 5.81. The van der Waals surface area contributed by atoms with Crippen LogP contribution < -0.4 is 4.72 Å². The van der Waals surface area contributed by atoms with Crippen molar-refractivity contribution in [2.75, 3.05) is 26.2 Å². The zero-order valence-corrected chi connectivity index (χ0v) is 15.1. The van der Waals surface area contributed by atoms with Gasteiger partial charge in [0, 0.05) is 19.7 Å². The van der Waals surface area contributed by atoms with E-state index in [1.54, 1.807) is 12.1 Å². The van der Waals surface area contributed by atoms with Crippen molar-refractivity contribution in [3.05, 3.63) is 29.8 Å². The van der Waals surface area contributed by atoms with E-state index < -0.39 is 10.0 Å². The first-order valence-corrected chi connectivity index (χ1v) is 9.73. The topological polar surface area (TPSA) is 99.5 Å². The van der Waals surface area contributed by atoms with Gasteiger partial charge in [0.1, 0.15) is 0 Å². The number of nitrogens with one attached hydrogen (secondary N) is 1. The average Bonchev–Trinajstić information content (AvgIpc) is 3.10. The lowest BCUT2D eigenvalue weighted by Gasteiger charge is -2.24. The Kier molecular flexibility index (Phi) is 6.93. The molecule has 1 aliphatic heterocycles. The second-order valence-electron chi connectivity index (χ2n) is 6.02. The van der Waals surface area contributed by atoms with Crippen LogP contribution in [-0.4, -0.2) is 51.6 Å². The molecule has 2 rings (SSSR count). The molecule has 1 unspecified atom stereocenters. The van der Waals surface area contributed by atoms with Crippen LogP contribution in [-0.2, 0) is 19.6 Å². The molecule has 1 N–H and O–H groups in total. The fourth-order valence-corrected chi connectivity index (χ4v) is 3.58. The number of amides is 1. The van der Waals surface area contributed by atoms with Crippen molar-refractivity contribution in [1.29, 1.82) is 5.26 Å². The minimum absolute atomic E-state index is 0.0450. The number of nitriles is 1. The van der Waals surface area contributed by atoms with Gasteiger partial charge in [-0.05, 0) is 31.9 Å². The summed E-state index contributed by atoms with van der Waals surface area (Å²) >= 11 is 0. The third-order valence-corrected chi connectivity index (χ3v) is 5.46. The number of hydrogen-bond acceptors (Lipinski definition) is 5. The van der Waals surface area contributed by atoms with Crippen LogP contribution in [0, 0.1) is 18.3 Å². The lowest BCUT2D eigenvalue weighted by Crippen LogP contribution is -2.43. The van der Waals surface area contributed by atoms with Crippen LogP contribution >= 0.6 is 0 Å². The molecule has 0 saturated carbocycles. The highest BCUT2D eigenvalue weighted by Gasteiger charge is 2.23. The molecule has 1 aromatic rings. The minimum atomic E-state index is -3.75. The Morgan fingerprint density at radius 1 is 1.40 bits per heavy atom. The molecule has 0 spiro atoms. The maximum Gasteiger partial charge on any atom is 0.241 e. The highest BCUT2D eigenvalue weighted by atomic mass is 32.2. The highest BCUT2D eigenvalue weighted by Crippen LogP contribution is 2.14. The van der Waals surface area contributed by atoms with E-state index in [0.717, 1.165) is 18.4 Å². The Labute approximate surface area is 148 Å².